The molecule has 128 valence electrons. The van der Waals surface area contributed by atoms with Crippen LogP contribution in [0.1, 0.15) is 37.7 Å². The lowest BCUT2D eigenvalue weighted by atomic mass is 9.93. The Morgan fingerprint density at radius 2 is 2.09 bits per heavy atom. The van der Waals surface area contributed by atoms with Crippen LogP contribution in [0.3, 0.4) is 0 Å². The van der Waals surface area contributed by atoms with Crippen LogP contribution in [0.4, 0.5) is 4.79 Å². The predicted octanol–water partition coefficient (Wildman–Crippen LogP) is 3.02. The van der Waals surface area contributed by atoms with Crippen LogP contribution in [0.5, 0.6) is 5.75 Å². The van der Waals surface area contributed by atoms with Crippen molar-refractivity contribution in [2.24, 2.45) is 0 Å². The maximum atomic E-state index is 11.8. The van der Waals surface area contributed by atoms with Crippen LogP contribution < -0.4 is 15.4 Å². The Bertz CT molecular complexity index is 517. The fourth-order valence-corrected chi connectivity index (χ4v) is 2.91. The number of aliphatic hydroxyl groups is 1. The molecule has 0 atom stereocenters. The monoisotopic (exact) mass is 340 g/mol. The second-order valence-electron chi connectivity index (χ2n) is 6.02. The molecule has 1 aromatic carbocycles. The highest BCUT2D eigenvalue weighted by molar-refractivity contribution is 6.30. The standard InChI is InChI=1S/C17H25ClN2O3/c1-12-11-13(18)3-8-16(12)23-10-2-9-19-17(22)20-14-4-6-15(21)7-5-14/h3,8,11,14-15,21H,2,4-7,9-10H2,1H3,(H2,19,20,22). The Morgan fingerprint density at radius 1 is 1.35 bits per heavy atom. The van der Waals surface area contributed by atoms with E-state index in [1.807, 2.05) is 19.1 Å². The number of hydrogen-bond acceptors (Lipinski definition) is 3. The lowest BCUT2D eigenvalue weighted by molar-refractivity contribution is 0.117. The van der Waals surface area contributed by atoms with Gasteiger partial charge in [-0.3, -0.25) is 0 Å². The number of carbonyl (C=O) groups is 1. The summed E-state index contributed by atoms with van der Waals surface area (Å²) in [5.41, 5.74) is 1.00. The maximum Gasteiger partial charge on any atom is 0.315 e. The number of aryl methyl sites for hydroxylation is 1. The van der Waals surface area contributed by atoms with E-state index >= 15 is 0 Å². The third-order valence-corrected chi connectivity index (χ3v) is 4.27. The van der Waals surface area contributed by atoms with Gasteiger partial charge in [-0.25, -0.2) is 4.79 Å². The molecule has 1 aliphatic carbocycles. The van der Waals surface area contributed by atoms with Crippen molar-refractivity contribution in [1.82, 2.24) is 10.6 Å². The first-order valence-electron chi connectivity index (χ1n) is 8.16. The number of ether oxygens (including phenoxy) is 1. The number of rotatable bonds is 6. The number of aliphatic hydroxyl groups excluding tert-OH is 1. The molecule has 0 saturated heterocycles. The van der Waals surface area contributed by atoms with Crippen molar-refractivity contribution in [1.29, 1.82) is 0 Å². The topological polar surface area (TPSA) is 70.6 Å². The van der Waals surface area contributed by atoms with Crippen LogP contribution in [-0.2, 0) is 0 Å². The quantitative estimate of drug-likeness (QED) is 0.697. The highest BCUT2D eigenvalue weighted by Gasteiger charge is 2.20. The number of hydrogen-bond donors (Lipinski definition) is 3. The molecule has 2 amide bonds. The van der Waals surface area contributed by atoms with E-state index in [4.69, 9.17) is 16.3 Å². The average molecular weight is 341 g/mol. The Balaban J connectivity index is 1.57. The molecule has 1 aromatic rings. The van der Waals surface area contributed by atoms with E-state index in [2.05, 4.69) is 10.6 Å². The molecule has 0 spiro atoms. The van der Waals surface area contributed by atoms with Gasteiger partial charge in [-0.05, 0) is 62.8 Å². The number of amides is 2. The zero-order valence-corrected chi connectivity index (χ0v) is 14.2. The fourth-order valence-electron chi connectivity index (χ4n) is 2.69. The summed E-state index contributed by atoms with van der Waals surface area (Å²) in [6, 6.07) is 5.55. The van der Waals surface area contributed by atoms with Crippen molar-refractivity contribution in [2.75, 3.05) is 13.2 Å². The zero-order valence-electron chi connectivity index (χ0n) is 13.5. The van der Waals surface area contributed by atoms with Gasteiger partial charge >= 0.3 is 6.03 Å². The van der Waals surface area contributed by atoms with Gasteiger partial charge < -0.3 is 20.5 Å². The van der Waals surface area contributed by atoms with Gasteiger partial charge in [0.15, 0.2) is 0 Å². The van der Waals surface area contributed by atoms with Crippen molar-refractivity contribution in [3.05, 3.63) is 28.8 Å². The van der Waals surface area contributed by atoms with E-state index in [0.717, 1.165) is 43.4 Å². The molecular formula is C17H25ClN2O3. The number of halogens is 1. The molecule has 1 fully saturated rings. The minimum Gasteiger partial charge on any atom is -0.493 e. The first kappa shape index (κ1) is 17.9. The largest absolute Gasteiger partial charge is 0.493 e. The Hall–Kier alpha value is -1.46. The first-order chi connectivity index (χ1) is 11.0. The van der Waals surface area contributed by atoms with Crippen LogP contribution in [0, 0.1) is 6.92 Å². The molecule has 5 nitrogen and oxygen atoms in total. The molecule has 0 bridgehead atoms. The van der Waals surface area contributed by atoms with E-state index in [-0.39, 0.29) is 18.2 Å². The number of carbonyl (C=O) groups excluding carboxylic acids is 1. The summed E-state index contributed by atoms with van der Waals surface area (Å²) in [7, 11) is 0. The molecule has 2 rings (SSSR count). The van der Waals surface area contributed by atoms with Crippen LogP contribution in [0.25, 0.3) is 0 Å². The summed E-state index contributed by atoms with van der Waals surface area (Å²) in [5, 5.41) is 15.9. The fraction of sp³-hybridized carbons (Fsp3) is 0.588. The molecule has 1 aliphatic rings. The molecular weight excluding hydrogens is 316 g/mol. The summed E-state index contributed by atoms with van der Waals surface area (Å²) in [5.74, 6) is 0.819. The van der Waals surface area contributed by atoms with Crippen LogP contribution in [-0.4, -0.2) is 36.4 Å². The number of nitrogens with one attached hydrogen (secondary N) is 2. The summed E-state index contributed by atoms with van der Waals surface area (Å²) < 4.78 is 5.68. The van der Waals surface area contributed by atoms with Crippen LogP contribution >= 0.6 is 11.6 Å². The van der Waals surface area contributed by atoms with Crippen molar-refractivity contribution >= 4 is 17.6 Å². The van der Waals surface area contributed by atoms with Gasteiger partial charge in [-0.2, -0.15) is 0 Å². The molecule has 3 N–H and O–H groups in total. The predicted molar refractivity (Wildman–Crippen MR) is 91.1 cm³/mol. The van der Waals surface area contributed by atoms with E-state index in [1.165, 1.54) is 0 Å². The van der Waals surface area contributed by atoms with Crippen molar-refractivity contribution in [3.8, 4) is 5.75 Å². The molecule has 0 radical (unpaired) electrons. The smallest absolute Gasteiger partial charge is 0.315 e. The minimum atomic E-state index is -0.204. The normalized spacial score (nSPS) is 20.8. The second-order valence-corrected chi connectivity index (χ2v) is 6.45. The Morgan fingerprint density at radius 3 is 2.78 bits per heavy atom. The second kappa shape index (κ2) is 8.99. The third kappa shape index (κ3) is 6.28. The highest BCUT2D eigenvalue weighted by Crippen LogP contribution is 2.21. The lowest BCUT2D eigenvalue weighted by Gasteiger charge is -2.26. The highest BCUT2D eigenvalue weighted by atomic mass is 35.5. The van der Waals surface area contributed by atoms with Crippen molar-refractivity contribution < 1.29 is 14.6 Å². The van der Waals surface area contributed by atoms with E-state index < -0.39 is 0 Å². The molecule has 0 unspecified atom stereocenters. The van der Waals surface area contributed by atoms with Gasteiger partial charge in [0.1, 0.15) is 5.75 Å². The van der Waals surface area contributed by atoms with Crippen molar-refractivity contribution in [3.63, 3.8) is 0 Å². The summed E-state index contributed by atoms with van der Waals surface area (Å²) >= 11 is 5.90. The van der Waals surface area contributed by atoms with Gasteiger partial charge in [0.05, 0.1) is 12.7 Å². The molecule has 0 aromatic heterocycles. The summed E-state index contributed by atoms with van der Waals surface area (Å²) in [4.78, 5) is 11.8. The minimum absolute atomic E-state index is 0.144. The summed E-state index contributed by atoms with van der Waals surface area (Å²) in [6.07, 6.45) is 3.74. The average Bonchev–Trinajstić information content (AvgIpc) is 2.51. The molecule has 6 heteroatoms. The van der Waals surface area contributed by atoms with Gasteiger partial charge in [0.2, 0.25) is 0 Å². The molecule has 0 heterocycles. The maximum absolute atomic E-state index is 11.8. The van der Waals surface area contributed by atoms with Gasteiger partial charge in [0, 0.05) is 17.6 Å². The lowest BCUT2D eigenvalue weighted by Crippen LogP contribution is -2.44. The van der Waals surface area contributed by atoms with Crippen molar-refractivity contribution in [2.45, 2.75) is 51.2 Å². The summed E-state index contributed by atoms with van der Waals surface area (Å²) in [6.45, 7) is 3.06. The van der Waals surface area contributed by atoms with Crippen LogP contribution in [0.2, 0.25) is 5.02 Å². The first-order valence-corrected chi connectivity index (χ1v) is 8.54. The molecule has 23 heavy (non-hydrogen) atoms. The van der Waals surface area contributed by atoms with Gasteiger partial charge in [-0.1, -0.05) is 11.6 Å². The SMILES string of the molecule is Cc1cc(Cl)ccc1OCCCNC(=O)NC1CCC(O)CC1. The Kier molecular flexibility index (Phi) is 6.99. The van der Waals surface area contributed by atoms with E-state index in [0.29, 0.717) is 18.2 Å². The molecule has 0 aliphatic heterocycles. The van der Waals surface area contributed by atoms with Gasteiger partial charge in [-0.15, -0.1) is 0 Å². The molecule has 1 saturated carbocycles. The van der Waals surface area contributed by atoms with Crippen LogP contribution in [0.15, 0.2) is 18.2 Å². The zero-order chi connectivity index (χ0) is 16.7. The number of benzene rings is 1. The van der Waals surface area contributed by atoms with Gasteiger partial charge in [0.25, 0.3) is 0 Å². The van der Waals surface area contributed by atoms with E-state index in [1.54, 1.807) is 6.07 Å². The number of urea groups is 1. The third-order valence-electron chi connectivity index (χ3n) is 4.03. The van der Waals surface area contributed by atoms with E-state index in [9.17, 15) is 9.90 Å². The Labute approximate surface area is 142 Å².